The van der Waals surface area contributed by atoms with E-state index in [1.807, 2.05) is 19.1 Å². The van der Waals surface area contributed by atoms with Crippen LogP contribution in [-0.4, -0.2) is 39.6 Å². The van der Waals surface area contributed by atoms with Crippen molar-refractivity contribution in [1.82, 2.24) is 0 Å². The van der Waals surface area contributed by atoms with Gasteiger partial charge in [0.1, 0.15) is 28.1 Å². The van der Waals surface area contributed by atoms with Gasteiger partial charge < -0.3 is 14.2 Å². The fourth-order valence-electron chi connectivity index (χ4n) is 14.6. The fraction of sp³-hybridized carbons (Fsp3) is 0.0973. The highest BCUT2D eigenvalue weighted by Crippen LogP contribution is 2.42. The molecule has 0 fully saturated rings. The van der Waals surface area contributed by atoms with Crippen LogP contribution in [0.3, 0.4) is 0 Å². The summed E-state index contributed by atoms with van der Waals surface area (Å²) in [5.41, 5.74) is 4.78. The maximum Gasteiger partial charge on any atom is 0.174 e. The van der Waals surface area contributed by atoms with Crippen molar-refractivity contribution in [3.05, 3.63) is 471 Å². The quantitative estimate of drug-likeness (QED) is 0.0755. The molecule has 0 saturated heterocycles. The summed E-state index contributed by atoms with van der Waals surface area (Å²) in [6.07, 6.45) is 6.58. The van der Waals surface area contributed by atoms with Crippen LogP contribution in [0, 0.1) is 27.7 Å². The summed E-state index contributed by atoms with van der Waals surface area (Å²) in [5.74, 6) is 2.90. The predicted octanol–water partition coefficient (Wildman–Crippen LogP) is 29.5. The van der Waals surface area contributed by atoms with Crippen molar-refractivity contribution >= 4 is 97.7 Å². The Bertz CT molecular complexity index is 5910. The van der Waals surface area contributed by atoms with Crippen molar-refractivity contribution in [2.75, 3.05) is 39.6 Å². The highest BCUT2D eigenvalue weighted by Gasteiger charge is 2.36. The lowest BCUT2D eigenvalue weighted by Crippen LogP contribution is -2.06. The normalized spacial score (nSPS) is 10.9. The summed E-state index contributed by atoms with van der Waals surface area (Å²) in [6.45, 7) is 11.2. The molecule has 0 aliphatic carbocycles. The Labute approximate surface area is 741 Å². The zero-order valence-electron chi connectivity index (χ0n) is 71.1. The van der Waals surface area contributed by atoms with E-state index in [1.54, 1.807) is 14.2 Å². The third kappa shape index (κ3) is 23.1. The summed E-state index contributed by atoms with van der Waals surface area (Å²) in [4.78, 5) is 20.2. The minimum absolute atomic E-state index is 0.0804. The van der Waals surface area contributed by atoms with Gasteiger partial charge in [0.05, 0.1) is 83.2 Å². The molecular formula is C113H106O3S6+6. The molecule has 0 heterocycles. The van der Waals surface area contributed by atoms with E-state index in [9.17, 15) is 0 Å². The first-order valence-corrected chi connectivity index (χ1v) is 49.6. The second-order valence-corrected chi connectivity index (χ2v) is 41.6. The smallest absolute Gasteiger partial charge is 0.174 e. The first kappa shape index (κ1) is 88.0. The third-order valence-corrected chi connectivity index (χ3v) is 31.1. The molecule has 0 aromatic heterocycles. The summed E-state index contributed by atoms with van der Waals surface area (Å²) in [5, 5.41) is 7.90. The van der Waals surface area contributed by atoms with Crippen molar-refractivity contribution in [3.63, 3.8) is 0 Å². The van der Waals surface area contributed by atoms with E-state index >= 15 is 0 Å². The van der Waals surface area contributed by atoms with E-state index in [0.29, 0.717) is 17.5 Å². The summed E-state index contributed by atoms with van der Waals surface area (Å²) >= 11 is 0. The largest absolute Gasteiger partial charge is 0.497 e. The lowest BCUT2D eigenvalue weighted by atomic mass is 10.1. The molecule has 0 amide bonds. The average Bonchev–Trinajstić information content (AvgIpc) is 0.768. The second kappa shape index (κ2) is 45.2. The molecule has 18 aromatic rings. The zero-order chi connectivity index (χ0) is 84.8. The van der Waals surface area contributed by atoms with Crippen molar-refractivity contribution in [1.29, 1.82) is 0 Å². The van der Waals surface area contributed by atoms with Gasteiger partial charge in [0.25, 0.3) is 0 Å². The SMILES string of the molecule is CCOc1c(C)cc([S+](c2ccccc2)c2ccccc2)cc1C.COc1c(C)cc([S+](c2ccccc2)c2ccccc2)cc1C.COc1ccc([S+](c2ccccc2)c2ccccc2)cc1.C[S+](C)C.c1ccc([S+](c2cccc3ccccc23)c2cccc3ccccc23)cc1.c1ccc([S+](c2ccccc2)c2cccc3ccccc23)cc1. The van der Waals surface area contributed by atoms with Crippen molar-refractivity contribution < 1.29 is 14.2 Å². The molecule has 0 aliphatic rings. The zero-order valence-corrected chi connectivity index (χ0v) is 76.0. The molecular weight excluding hydrogens is 1600 g/mol. The van der Waals surface area contributed by atoms with E-state index in [0.717, 1.165) is 17.2 Å². The Morgan fingerprint density at radius 1 is 0.205 bits per heavy atom. The predicted molar refractivity (Wildman–Crippen MR) is 528 cm³/mol. The molecule has 18 rings (SSSR count). The standard InChI is InChI=1S/C26H19S.C22H23OS.C22H17S.C21H21OS.C19H17OS.C3H9S/c1-2-14-22(15-3-1)27(25-18-8-12-20-10-4-6-16-23(20)25)26-19-9-13-21-11-5-7-17-24(21)26;1-4-23-22-17(2)15-21(16-18(22)3)24(19-11-7-5-8-12-19)20-13-9-6-10-14-20;1-3-12-19(13-4-1)23(20-14-5-2-6-15-20)22-17-9-11-18-10-7-8-16-21(18)22;1-16-14-20(15-17(2)21(16)22-3)23(18-10-6-4-7-11-18)19-12-8-5-9-13-19;1-20-16-12-14-19(15-13-16)21(17-8-4-2-5-9-17)18-10-6-3-7-11-18;1-4(2)3/h1-19H;5-16H,4H2,1-3H3;1-17H;4-15H,1-3H3;2-15H,1H3;1-3H3/q6*+1. The Balaban J connectivity index is 0.000000130. The van der Waals surface area contributed by atoms with E-state index in [2.05, 4.69) is 483 Å². The van der Waals surface area contributed by atoms with Gasteiger partial charge in [0.15, 0.2) is 73.4 Å². The third-order valence-electron chi connectivity index (χ3n) is 19.8. The number of ether oxygens (including phenoxy) is 3. The number of aryl methyl sites for hydroxylation is 4. The number of fused-ring (bicyclic) bond motifs is 3. The Kier molecular flexibility index (Phi) is 32.6. The molecule has 0 aliphatic heterocycles. The number of hydrogen-bond donors (Lipinski definition) is 0. The molecule has 0 radical (unpaired) electrons. The van der Waals surface area contributed by atoms with Gasteiger partial charge in [-0.15, -0.1) is 0 Å². The van der Waals surface area contributed by atoms with Gasteiger partial charge in [-0.25, -0.2) is 0 Å². The van der Waals surface area contributed by atoms with Crippen molar-refractivity contribution in [3.8, 4) is 17.2 Å². The summed E-state index contributed by atoms with van der Waals surface area (Å²) in [6, 6.07) is 160. The molecule has 18 aromatic carbocycles. The van der Waals surface area contributed by atoms with Crippen LogP contribution >= 0.6 is 0 Å². The molecule has 0 bridgehead atoms. The van der Waals surface area contributed by atoms with E-state index in [-0.39, 0.29) is 54.5 Å². The van der Waals surface area contributed by atoms with Gasteiger partial charge in [0, 0.05) is 40.4 Å². The molecule has 9 heteroatoms. The molecule has 0 atom stereocenters. The number of benzene rings is 18. The average molecular weight is 1700 g/mol. The highest BCUT2D eigenvalue weighted by molar-refractivity contribution is 7.98. The Hall–Kier alpha value is -11.8. The molecule has 0 unspecified atom stereocenters. The maximum atomic E-state index is 5.82. The van der Waals surface area contributed by atoms with E-state index < -0.39 is 0 Å². The summed E-state index contributed by atoms with van der Waals surface area (Å²) in [7, 11) is 3.54. The topological polar surface area (TPSA) is 27.7 Å². The lowest BCUT2D eigenvalue weighted by Gasteiger charge is -2.13. The molecule has 606 valence electrons. The molecule has 0 saturated carbocycles. The number of rotatable bonds is 19. The van der Waals surface area contributed by atoms with Gasteiger partial charge in [-0.05, 0) is 254 Å². The van der Waals surface area contributed by atoms with Crippen LogP contribution in [0.15, 0.2) is 522 Å². The van der Waals surface area contributed by atoms with E-state index in [1.165, 1.54) is 128 Å². The van der Waals surface area contributed by atoms with Gasteiger partial charge in [-0.1, -0.05) is 255 Å². The Morgan fingerprint density at radius 3 is 0.680 bits per heavy atom. The minimum Gasteiger partial charge on any atom is -0.497 e. The highest BCUT2D eigenvalue weighted by atomic mass is 32.2. The lowest BCUT2D eigenvalue weighted by molar-refractivity contribution is 0.335. The fourth-order valence-corrected chi connectivity index (χ4v) is 25.9. The van der Waals surface area contributed by atoms with Crippen LogP contribution in [0.25, 0.3) is 32.3 Å². The van der Waals surface area contributed by atoms with E-state index in [4.69, 9.17) is 14.2 Å². The number of methoxy groups -OCH3 is 2. The van der Waals surface area contributed by atoms with Crippen molar-refractivity contribution in [2.24, 2.45) is 0 Å². The minimum atomic E-state index is -0.164. The van der Waals surface area contributed by atoms with Crippen LogP contribution in [0.2, 0.25) is 0 Å². The number of hydrogen-bond acceptors (Lipinski definition) is 3. The van der Waals surface area contributed by atoms with Crippen LogP contribution in [0.1, 0.15) is 29.2 Å². The van der Waals surface area contributed by atoms with Crippen LogP contribution in [-0.2, 0) is 65.4 Å². The summed E-state index contributed by atoms with van der Waals surface area (Å²) < 4.78 is 16.6. The molecule has 3 nitrogen and oxygen atoms in total. The molecule has 0 spiro atoms. The van der Waals surface area contributed by atoms with Gasteiger partial charge in [-0.3, -0.25) is 0 Å². The second-order valence-electron chi connectivity index (χ2n) is 29.1. The van der Waals surface area contributed by atoms with Gasteiger partial charge in [0.2, 0.25) is 0 Å². The monoisotopic (exact) mass is 1700 g/mol. The van der Waals surface area contributed by atoms with Gasteiger partial charge >= 0.3 is 0 Å². The first-order chi connectivity index (χ1) is 59.9. The first-order valence-electron chi connectivity index (χ1n) is 41.0. The van der Waals surface area contributed by atoms with Crippen LogP contribution < -0.4 is 14.2 Å². The van der Waals surface area contributed by atoms with Crippen molar-refractivity contribution in [2.45, 2.75) is 108 Å². The maximum absolute atomic E-state index is 5.82. The Morgan fingerprint density at radius 2 is 0.418 bits per heavy atom. The molecule has 0 N–H and O–H groups in total. The van der Waals surface area contributed by atoms with Crippen LogP contribution in [0.4, 0.5) is 0 Å². The van der Waals surface area contributed by atoms with Crippen LogP contribution in [0.5, 0.6) is 17.2 Å². The molecule has 122 heavy (non-hydrogen) atoms. The van der Waals surface area contributed by atoms with Gasteiger partial charge in [-0.2, -0.15) is 0 Å².